The number of carbonyl (C=O) groups excluding carboxylic acids is 1. The maximum absolute atomic E-state index is 11.7. The van der Waals surface area contributed by atoms with Crippen LogP contribution in [0.3, 0.4) is 0 Å². The van der Waals surface area contributed by atoms with Crippen LogP contribution in [-0.4, -0.2) is 18.9 Å². The summed E-state index contributed by atoms with van der Waals surface area (Å²) in [5.74, 6) is -0.561. The summed E-state index contributed by atoms with van der Waals surface area (Å²) in [6, 6.07) is 7.05. The Kier molecular flexibility index (Phi) is 1.56. The fourth-order valence-electron chi connectivity index (χ4n) is 2.11. The van der Waals surface area contributed by atoms with E-state index in [1.165, 1.54) is 0 Å². The molecule has 0 unspecified atom stereocenters. The number of hydrogen-bond acceptors (Lipinski definition) is 3. The number of fused-ring (bicyclic) bond motifs is 3. The molecule has 5 nitrogen and oxygen atoms in total. The van der Waals surface area contributed by atoms with E-state index in [-0.39, 0.29) is 10.6 Å². The first-order chi connectivity index (χ1) is 7.52. The van der Waals surface area contributed by atoms with Gasteiger partial charge in [-0.1, -0.05) is 18.2 Å². The number of benzene rings is 1. The number of hydrogen-bond donors (Lipinski definition) is 1. The van der Waals surface area contributed by atoms with Gasteiger partial charge in [0.2, 0.25) is 0 Å². The largest absolute Gasteiger partial charge is 0.338 e. The first-order valence-electron chi connectivity index (χ1n) is 4.67. The minimum atomic E-state index is -3.68. The first kappa shape index (κ1) is 9.41. The van der Waals surface area contributed by atoms with Crippen LogP contribution in [0.25, 0.3) is 10.9 Å². The average Bonchev–Trinajstić information content (AvgIpc) is 2.64. The molecule has 2 heterocycles. The summed E-state index contributed by atoms with van der Waals surface area (Å²) >= 11 is 0. The zero-order chi connectivity index (χ0) is 11.5. The van der Waals surface area contributed by atoms with E-state index in [0.29, 0.717) is 5.39 Å². The Morgan fingerprint density at radius 1 is 1.25 bits per heavy atom. The van der Waals surface area contributed by atoms with Crippen molar-refractivity contribution < 1.29 is 13.2 Å². The lowest BCUT2D eigenvalue weighted by Gasteiger charge is -1.99. The van der Waals surface area contributed by atoms with E-state index >= 15 is 0 Å². The van der Waals surface area contributed by atoms with E-state index in [1.54, 1.807) is 29.8 Å². The van der Waals surface area contributed by atoms with Crippen molar-refractivity contribution >= 4 is 26.8 Å². The number of para-hydroxylation sites is 1. The third-order valence-electron chi connectivity index (χ3n) is 2.77. The van der Waals surface area contributed by atoms with Crippen LogP contribution in [0, 0.1) is 0 Å². The molecule has 82 valence electrons. The lowest BCUT2D eigenvalue weighted by atomic mass is 10.2. The number of rotatable bonds is 0. The van der Waals surface area contributed by atoms with Crippen LogP contribution < -0.4 is 4.72 Å². The molecule has 2 aromatic rings. The second-order valence-electron chi connectivity index (χ2n) is 3.69. The lowest BCUT2D eigenvalue weighted by Crippen LogP contribution is -2.22. The van der Waals surface area contributed by atoms with Gasteiger partial charge in [-0.2, -0.15) is 0 Å². The monoisotopic (exact) mass is 236 g/mol. The van der Waals surface area contributed by atoms with Gasteiger partial charge in [0.1, 0.15) is 10.6 Å². The highest BCUT2D eigenvalue weighted by atomic mass is 32.2. The van der Waals surface area contributed by atoms with E-state index in [9.17, 15) is 13.2 Å². The Morgan fingerprint density at radius 2 is 1.94 bits per heavy atom. The molecule has 6 heteroatoms. The van der Waals surface area contributed by atoms with Crippen LogP contribution >= 0.6 is 0 Å². The van der Waals surface area contributed by atoms with Gasteiger partial charge in [0.05, 0.1) is 0 Å². The highest BCUT2D eigenvalue weighted by Gasteiger charge is 2.38. The minimum absolute atomic E-state index is 0.0931. The van der Waals surface area contributed by atoms with E-state index in [4.69, 9.17) is 0 Å². The Bertz CT molecular complexity index is 728. The van der Waals surface area contributed by atoms with Crippen LogP contribution in [0.4, 0.5) is 0 Å². The topological polar surface area (TPSA) is 68.2 Å². The molecule has 0 fully saturated rings. The number of amides is 1. The number of aromatic nitrogens is 1. The van der Waals surface area contributed by atoms with Crippen molar-refractivity contribution in [2.24, 2.45) is 7.05 Å². The van der Waals surface area contributed by atoms with Gasteiger partial charge < -0.3 is 4.57 Å². The standard InChI is InChI=1S/C10H8N2O3S/c1-12-7-5-3-2-4-6(7)9-8(12)10(13)11-16(9,14)15/h2-5H,1H3,(H,11,13). The molecule has 1 aromatic carbocycles. The van der Waals surface area contributed by atoms with Gasteiger partial charge in [-0.3, -0.25) is 4.79 Å². The molecule has 16 heavy (non-hydrogen) atoms. The molecule has 3 rings (SSSR count). The van der Waals surface area contributed by atoms with Crippen LogP contribution in [0.15, 0.2) is 29.2 Å². The number of sulfonamides is 1. The van der Waals surface area contributed by atoms with Crippen molar-refractivity contribution in [1.29, 1.82) is 0 Å². The molecule has 0 saturated carbocycles. The van der Waals surface area contributed by atoms with Gasteiger partial charge in [0, 0.05) is 18.0 Å². The molecule has 1 aliphatic heterocycles. The van der Waals surface area contributed by atoms with Crippen molar-refractivity contribution in [3.63, 3.8) is 0 Å². The molecular formula is C10H8N2O3S. The van der Waals surface area contributed by atoms with Crippen LogP contribution in [0.1, 0.15) is 10.5 Å². The Morgan fingerprint density at radius 3 is 2.69 bits per heavy atom. The maximum atomic E-state index is 11.7. The quantitative estimate of drug-likeness (QED) is 0.728. The molecule has 0 saturated heterocycles. The zero-order valence-electron chi connectivity index (χ0n) is 8.39. The van der Waals surface area contributed by atoms with E-state index < -0.39 is 15.9 Å². The molecule has 1 N–H and O–H groups in total. The van der Waals surface area contributed by atoms with Crippen molar-refractivity contribution in [1.82, 2.24) is 9.29 Å². The lowest BCUT2D eigenvalue weighted by molar-refractivity contribution is 0.0977. The number of carbonyl (C=O) groups is 1. The minimum Gasteiger partial charge on any atom is -0.338 e. The maximum Gasteiger partial charge on any atom is 0.283 e. The van der Waals surface area contributed by atoms with Gasteiger partial charge in [-0.25, -0.2) is 13.1 Å². The third kappa shape index (κ3) is 0.943. The number of nitrogens with zero attached hydrogens (tertiary/aromatic N) is 1. The first-order valence-corrected chi connectivity index (χ1v) is 6.15. The number of aryl methyl sites for hydroxylation is 1. The third-order valence-corrected chi connectivity index (χ3v) is 4.18. The predicted molar refractivity (Wildman–Crippen MR) is 57.6 cm³/mol. The smallest absolute Gasteiger partial charge is 0.283 e. The highest BCUT2D eigenvalue weighted by molar-refractivity contribution is 7.91. The fraction of sp³-hybridized carbons (Fsp3) is 0.100. The van der Waals surface area contributed by atoms with E-state index in [0.717, 1.165) is 5.52 Å². The summed E-state index contributed by atoms with van der Waals surface area (Å²) in [5, 5.41) is 0.582. The summed E-state index contributed by atoms with van der Waals surface area (Å²) < 4.78 is 27.1. The second kappa shape index (κ2) is 2.65. The highest BCUT2D eigenvalue weighted by Crippen LogP contribution is 2.32. The predicted octanol–water partition coefficient (Wildman–Crippen LogP) is 0.610. The fourth-order valence-corrected chi connectivity index (χ4v) is 3.50. The van der Waals surface area contributed by atoms with Crippen LogP contribution in [0.2, 0.25) is 0 Å². The molecule has 0 bridgehead atoms. The number of nitrogens with one attached hydrogen (secondary N) is 1. The molecular weight excluding hydrogens is 228 g/mol. The van der Waals surface area contributed by atoms with Gasteiger partial charge in [0.15, 0.2) is 0 Å². The van der Waals surface area contributed by atoms with Gasteiger partial charge in [-0.05, 0) is 6.07 Å². The summed E-state index contributed by atoms with van der Waals surface area (Å²) in [7, 11) is -2.00. The van der Waals surface area contributed by atoms with Crippen LogP contribution in [0.5, 0.6) is 0 Å². The molecule has 0 spiro atoms. The van der Waals surface area contributed by atoms with Gasteiger partial charge in [0.25, 0.3) is 15.9 Å². The molecule has 0 radical (unpaired) electrons. The summed E-state index contributed by atoms with van der Waals surface area (Å²) in [6.45, 7) is 0. The summed E-state index contributed by atoms with van der Waals surface area (Å²) in [6.07, 6.45) is 0. The van der Waals surface area contributed by atoms with Crippen molar-refractivity contribution in [2.75, 3.05) is 0 Å². The van der Waals surface area contributed by atoms with Crippen molar-refractivity contribution in [3.05, 3.63) is 30.0 Å². The molecule has 1 aromatic heterocycles. The SMILES string of the molecule is Cn1c2c(c3ccccc31)S(=O)(=O)NC2=O. The molecule has 1 amide bonds. The zero-order valence-corrected chi connectivity index (χ0v) is 9.21. The Balaban J connectivity index is 2.62. The van der Waals surface area contributed by atoms with Crippen LogP contribution in [-0.2, 0) is 17.1 Å². The Labute approximate surface area is 91.7 Å². The van der Waals surface area contributed by atoms with Crippen molar-refractivity contribution in [3.8, 4) is 0 Å². The Hall–Kier alpha value is -1.82. The molecule has 0 atom stereocenters. The average molecular weight is 236 g/mol. The van der Waals surface area contributed by atoms with E-state index in [2.05, 4.69) is 0 Å². The van der Waals surface area contributed by atoms with Gasteiger partial charge >= 0.3 is 0 Å². The van der Waals surface area contributed by atoms with E-state index in [1.807, 2.05) is 10.8 Å². The second-order valence-corrected chi connectivity index (χ2v) is 5.31. The normalized spacial score (nSPS) is 17.4. The van der Waals surface area contributed by atoms with Gasteiger partial charge in [-0.15, -0.1) is 0 Å². The molecule has 0 aliphatic carbocycles. The summed E-state index contributed by atoms with van der Waals surface area (Å²) in [5.41, 5.74) is 0.951. The van der Waals surface area contributed by atoms with Crippen molar-refractivity contribution in [2.45, 2.75) is 4.90 Å². The summed E-state index contributed by atoms with van der Waals surface area (Å²) in [4.78, 5) is 11.7. The molecule has 1 aliphatic rings.